The van der Waals surface area contributed by atoms with Gasteiger partial charge in [0.05, 0.1) is 37.3 Å². The molecule has 0 atom stereocenters. The molecule has 0 spiro atoms. The highest BCUT2D eigenvalue weighted by atomic mass is 35.5. The van der Waals surface area contributed by atoms with Gasteiger partial charge in [0.15, 0.2) is 46.5 Å². The van der Waals surface area contributed by atoms with Crippen molar-refractivity contribution in [2.45, 2.75) is 12.8 Å². The summed E-state index contributed by atoms with van der Waals surface area (Å²) >= 11 is 19.1. The topological polar surface area (TPSA) is 74.8 Å². The highest BCUT2D eigenvalue weighted by Gasteiger charge is 2.44. The molecule has 49 heavy (non-hydrogen) atoms. The summed E-state index contributed by atoms with van der Waals surface area (Å²) in [5, 5.41) is -2.92. The van der Waals surface area contributed by atoms with E-state index in [0.717, 1.165) is 6.07 Å². The minimum atomic E-state index is -2.44. The number of nitrogens with zero attached hydrogens (tertiary/aromatic N) is 2. The van der Waals surface area contributed by atoms with Gasteiger partial charge in [-0.25, -0.2) is 43.9 Å². The Labute approximate surface area is 280 Å². The zero-order chi connectivity index (χ0) is 36.1. The van der Waals surface area contributed by atoms with Crippen LogP contribution in [-0.4, -0.2) is 46.5 Å². The smallest absolute Gasteiger partial charge is 0.262 e. The molecule has 2 heterocycles. The fourth-order valence-electron chi connectivity index (χ4n) is 5.71. The second-order valence-electron chi connectivity index (χ2n) is 10.5. The highest BCUT2D eigenvalue weighted by molar-refractivity contribution is 6.51. The molecule has 19 heteroatoms. The van der Waals surface area contributed by atoms with E-state index in [9.17, 15) is 63.1 Å². The molecule has 0 aliphatic carbocycles. The van der Waals surface area contributed by atoms with Crippen molar-refractivity contribution in [3.63, 3.8) is 0 Å². The normalized spacial score (nSPS) is 14.2. The van der Waals surface area contributed by atoms with Crippen molar-refractivity contribution in [2.24, 2.45) is 0 Å². The minimum absolute atomic E-state index is 0.314. The van der Waals surface area contributed by atoms with E-state index in [0.29, 0.717) is 9.80 Å². The Morgan fingerprint density at radius 2 is 0.776 bits per heavy atom. The number of imide groups is 2. The lowest BCUT2D eigenvalue weighted by Gasteiger charge is -2.33. The predicted molar refractivity (Wildman–Crippen MR) is 150 cm³/mol. The average Bonchev–Trinajstić information content (AvgIpc) is 3.06. The van der Waals surface area contributed by atoms with Crippen LogP contribution in [0.25, 0.3) is 10.8 Å². The van der Waals surface area contributed by atoms with Crippen molar-refractivity contribution in [1.82, 2.24) is 9.80 Å². The van der Waals surface area contributed by atoms with E-state index in [1.807, 2.05) is 0 Å². The molecule has 4 aromatic carbocycles. The molecule has 0 fully saturated rings. The van der Waals surface area contributed by atoms with E-state index in [1.54, 1.807) is 0 Å². The fraction of sp³-hybridized carbons (Fsp3) is 0.133. The van der Waals surface area contributed by atoms with Crippen LogP contribution in [0.5, 0.6) is 0 Å². The molecule has 0 aromatic heterocycles. The average molecular weight is 758 g/mol. The molecule has 0 saturated carbocycles. The summed E-state index contributed by atoms with van der Waals surface area (Å²) in [4.78, 5) is 55.0. The maximum atomic E-state index is 14.3. The van der Waals surface area contributed by atoms with E-state index in [2.05, 4.69) is 0 Å². The molecule has 2 aliphatic rings. The lowest BCUT2D eigenvalue weighted by atomic mass is 9.85. The van der Waals surface area contributed by atoms with E-state index >= 15 is 0 Å². The van der Waals surface area contributed by atoms with Crippen molar-refractivity contribution < 1.29 is 63.1 Å². The Hall–Kier alpha value is -4.41. The van der Waals surface area contributed by atoms with Gasteiger partial charge in [-0.3, -0.25) is 29.0 Å². The number of hydrogen-bond donors (Lipinski definition) is 0. The van der Waals surface area contributed by atoms with Gasteiger partial charge in [0, 0.05) is 35.0 Å². The van der Waals surface area contributed by atoms with Crippen LogP contribution in [0.1, 0.15) is 52.6 Å². The Morgan fingerprint density at radius 3 is 1.18 bits per heavy atom. The van der Waals surface area contributed by atoms with Crippen LogP contribution in [0, 0.1) is 58.2 Å². The van der Waals surface area contributed by atoms with Crippen molar-refractivity contribution in [1.29, 1.82) is 0 Å². The van der Waals surface area contributed by atoms with E-state index in [-0.39, 0.29) is 0 Å². The fourth-order valence-corrected chi connectivity index (χ4v) is 6.53. The molecular weight excluding hydrogens is 749 g/mol. The van der Waals surface area contributed by atoms with Gasteiger partial charge in [0.1, 0.15) is 0 Å². The van der Waals surface area contributed by atoms with Gasteiger partial charge in [-0.15, -0.1) is 0 Å². The first-order chi connectivity index (χ1) is 22.9. The summed E-state index contributed by atoms with van der Waals surface area (Å²) < 4.78 is 139. The van der Waals surface area contributed by atoms with Crippen LogP contribution in [0.15, 0.2) is 6.07 Å². The maximum Gasteiger partial charge on any atom is 0.262 e. The summed E-state index contributed by atoms with van der Waals surface area (Å²) in [7, 11) is 0. The van der Waals surface area contributed by atoms with Gasteiger partial charge < -0.3 is 0 Å². The molecule has 0 bridgehead atoms. The third-order valence-electron chi connectivity index (χ3n) is 8.04. The first-order valence-corrected chi connectivity index (χ1v) is 14.5. The Kier molecular flexibility index (Phi) is 8.35. The van der Waals surface area contributed by atoms with E-state index < -0.39 is 167 Å². The molecule has 0 radical (unpaired) electrons. The Balaban J connectivity index is 1.43. The first kappa shape index (κ1) is 34.5. The molecule has 254 valence electrons. The van der Waals surface area contributed by atoms with Gasteiger partial charge in [0.25, 0.3) is 23.6 Å². The van der Waals surface area contributed by atoms with E-state index in [1.165, 1.54) is 0 Å². The summed E-state index contributed by atoms with van der Waals surface area (Å²) in [5.74, 6) is -28.0. The number of benzene rings is 4. The van der Waals surface area contributed by atoms with Gasteiger partial charge in [-0.1, -0.05) is 34.8 Å². The zero-order valence-corrected chi connectivity index (χ0v) is 25.6. The lowest BCUT2D eigenvalue weighted by Crippen LogP contribution is -2.45. The highest BCUT2D eigenvalue weighted by Crippen LogP contribution is 2.47. The molecule has 6 nitrogen and oxygen atoms in total. The number of halogens is 13. The van der Waals surface area contributed by atoms with Crippen molar-refractivity contribution in [3.8, 4) is 0 Å². The third-order valence-corrected chi connectivity index (χ3v) is 9.19. The van der Waals surface area contributed by atoms with Crippen LogP contribution in [0.3, 0.4) is 0 Å². The number of carbonyl (C=O) groups excluding carboxylic acids is 4. The number of carbonyl (C=O) groups is 4. The second kappa shape index (κ2) is 11.9. The van der Waals surface area contributed by atoms with Crippen LogP contribution in [0.2, 0.25) is 15.1 Å². The monoisotopic (exact) mass is 756 g/mol. The molecule has 4 aromatic rings. The first-order valence-electron chi connectivity index (χ1n) is 13.3. The Bertz CT molecular complexity index is 2230. The molecule has 6 rings (SSSR count). The van der Waals surface area contributed by atoms with Crippen molar-refractivity contribution >= 4 is 69.2 Å². The predicted octanol–water partition coefficient (Wildman–Crippen LogP) is 7.87. The number of hydrogen-bond acceptors (Lipinski definition) is 4. The SMILES string of the molecule is O=C1c2cc(Cl)c3c4c(c(Cl)c(Cl)c(c24)C(=O)N1CCc1c(F)c(F)c(F)c(F)c1F)C(=O)N(CCc1c(F)c(F)c(F)c(F)c1F)C3=O. The van der Waals surface area contributed by atoms with Crippen molar-refractivity contribution in [3.05, 3.63) is 113 Å². The molecule has 0 N–H and O–H groups in total. The summed E-state index contributed by atoms with van der Waals surface area (Å²) in [6, 6.07) is 0.840. The van der Waals surface area contributed by atoms with Gasteiger partial charge in [-0.05, 0) is 18.9 Å². The molecule has 2 aliphatic heterocycles. The summed E-state index contributed by atoms with van der Waals surface area (Å²) in [6.07, 6.45) is -2.16. The second-order valence-corrected chi connectivity index (χ2v) is 11.7. The van der Waals surface area contributed by atoms with Gasteiger partial charge in [0.2, 0.25) is 11.6 Å². The van der Waals surface area contributed by atoms with Crippen LogP contribution in [0.4, 0.5) is 43.9 Å². The quantitative estimate of drug-likeness (QED) is 0.0869. The number of amides is 4. The molecule has 0 saturated heterocycles. The lowest BCUT2D eigenvalue weighted by molar-refractivity contribution is 0.0590. The maximum absolute atomic E-state index is 14.3. The molecular formula is C30H9Cl3F10N2O4. The van der Waals surface area contributed by atoms with Gasteiger partial charge in [-0.2, -0.15) is 0 Å². The third kappa shape index (κ3) is 4.78. The summed E-state index contributed by atoms with van der Waals surface area (Å²) in [6.45, 7) is -1.97. The van der Waals surface area contributed by atoms with Crippen LogP contribution in [-0.2, 0) is 12.8 Å². The largest absolute Gasteiger partial charge is 0.274 e. The van der Waals surface area contributed by atoms with Crippen LogP contribution >= 0.6 is 34.8 Å². The minimum Gasteiger partial charge on any atom is -0.274 e. The standard InChI is InChI=1S/C30H9Cl3F10N2O4/c31-9-5-8-10-12-11(9)28(47)45(4-2-7-19(36)23(40)26(43)24(41)20(7)37)30(49)14(12)16(33)15(32)13(10)29(48)44(27(8)46)3-1-6-17(34)21(38)25(42)22(39)18(6)35/h5H,1-4H2. The molecule has 0 unspecified atom stereocenters. The zero-order valence-electron chi connectivity index (χ0n) is 23.3. The van der Waals surface area contributed by atoms with Crippen molar-refractivity contribution in [2.75, 3.05) is 13.1 Å². The summed E-state index contributed by atoms with van der Waals surface area (Å²) in [5.41, 5.74) is -5.06. The van der Waals surface area contributed by atoms with Crippen LogP contribution < -0.4 is 0 Å². The molecule has 4 amide bonds. The Morgan fingerprint density at radius 1 is 0.449 bits per heavy atom. The van der Waals surface area contributed by atoms with E-state index in [4.69, 9.17) is 34.8 Å². The van der Waals surface area contributed by atoms with Gasteiger partial charge >= 0.3 is 0 Å². The number of rotatable bonds is 6.